The van der Waals surface area contributed by atoms with Gasteiger partial charge in [-0.1, -0.05) is 0 Å². The van der Waals surface area contributed by atoms with Gasteiger partial charge in [-0.25, -0.2) is 0 Å². The van der Waals surface area contributed by atoms with Crippen LogP contribution in [0.25, 0.3) is 0 Å². The minimum Gasteiger partial charge on any atom is -0.381 e. The molecule has 108 valence electrons. The van der Waals surface area contributed by atoms with Crippen LogP contribution in [-0.2, 0) is 14.3 Å². The van der Waals surface area contributed by atoms with Gasteiger partial charge in [-0.15, -0.1) is 0 Å². The van der Waals surface area contributed by atoms with E-state index in [2.05, 4.69) is 0 Å². The Morgan fingerprint density at radius 3 is 2.74 bits per heavy atom. The van der Waals surface area contributed by atoms with E-state index in [-0.39, 0.29) is 11.7 Å². The van der Waals surface area contributed by atoms with Crippen molar-refractivity contribution in [3.8, 4) is 0 Å². The fraction of sp³-hybridized carbons (Fsp3) is 0.867. The number of amides is 1. The van der Waals surface area contributed by atoms with Crippen molar-refractivity contribution in [3.63, 3.8) is 0 Å². The van der Waals surface area contributed by atoms with Gasteiger partial charge in [0.2, 0.25) is 5.91 Å². The summed E-state index contributed by atoms with van der Waals surface area (Å²) in [7, 11) is 0. The number of carbonyl (C=O) groups excluding carboxylic acids is 2. The molecule has 0 spiro atoms. The van der Waals surface area contributed by atoms with Crippen LogP contribution < -0.4 is 0 Å². The summed E-state index contributed by atoms with van der Waals surface area (Å²) in [5.41, 5.74) is -0.606. The first-order valence-corrected chi connectivity index (χ1v) is 7.43. The van der Waals surface area contributed by atoms with Gasteiger partial charge in [0.05, 0.1) is 5.54 Å². The Labute approximate surface area is 115 Å². The molecule has 0 aromatic rings. The lowest BCUT2D eigenvalue weighted by atomic mass is 9.88. The molecule has 2 saturated heterocycles. The van der Waals surface area contributed by atoms with E-state index in [0.717, 1.165) is 45.4 Å². The largest absolute Gasteiger partial charge is 0.381 e. The minimum absolute atomic E-state index is 0.143. The highest BCUT2D eigenvalue weighted by molar-refractivity contribution is 5.93. The van der Waals surface area contributed by atoms with Gasteiger partial charge < -0.3 is 9.64 Å². The number of likely N-dealkylation sites (tertiary alicyclic amines) is 1. The van der Waals surface area contributed by atoms with Gasteiger partial charge in [0.25, 0.3) is 0 Å². The van der Waals surface area contributed by atoms with Crippen molar-refractivity contribution in [1.29, 1.82) is 0 Å². The van der Waals surface area contributed by atoms with Gasteiger partial charge in [-0.05, 0) is 45.4 Å². The maximum absolute atomic E-state index is 12.3. The molecule has 2 fully saturated rings. The molecule has 2 rings (SSSR count). The van der Waals surface area contributed by atoms with E-state index in [9.17, 15) is 9.59 Å². The van der Waals surface area contributed by atoms with E-state index in [0.29, 0.717) is 18.8 Å². The standard InChI is InChI=1S/C15H25NO3/c1-15(2)13(17)4-3-9-16(15)14(18)6-5-12-7-10-19-11-8-12/h12H,3-11H2,1-2H3. The van der Waals surface area contributed by atoms with Crippen LogP contribution in [0.5, 0.6) is 0 Å². The number of Topliss-reactive ketones (excluding diaryl/α,β-unsaturated/α-hetero) is 1. The highest BCUT2D eigenvalue weighted by Gasteiger charge is 2.39. The zero-order valence-electron chi connectivity index (χ0n) is 12.1. The number of nitrogens with zero attached hydrogens (tertiary/aromatic N) is 1. The van der Waals surface area contributed by atoms with Crippen LogP contribution in [0.2, 0.25) is 0 Å². The fourth-order valence-electron chi connectivity index (χ4n) is 3.07. The van der Waals surface area contributed by atoms with Gasteiger partial charge in [0.1, 0.15) is 0 Å². The molecule has 0 aliphatic carbocycles. The molecular formula is C15H25NO3. The molecule has 0 radical (unpaired) electrons. The minimum atomic E-state index is -0.606. The van der Waals surface area contributed by atoms with E-state index in [1.54, 1.807) is 4.90 Å². The lowest BCUT2D eigenvalue weighted by Crippen LogP contribution is -2.56. The van der Waals surface area contributed by atoms with Crippen LogP contribution in [0.3, 0.4) is 0 Å². The van der Waals surface area contributed by atoms with Crippen LogP contribution in [0, 0.1) is 5.92 Å². The molecule has 4 nitrogen and oxygen atoms in total. The SMILES string of the molecule is CC1(C)C(=O)CCCN1C(=O)CCC1CCOCC1. The summed E-state index contributed by atoms with van der Waals surface area (Å²) in [5.74, 6) is 0.948. The Balaban J connectivity index is 1.86. The van der Waals surface area contributed by atoms with E-state index in [1.165, 1.54) is 0 Å². The van der Waals surface area contributed by atoms with E-state index < -0.39 is 5.54 Å². The quantitative estimate of drug-likeness (QED) is 0.787. The Hall–Kier alpha value is -0.900. The van der Waals surface area contributed by atoms with Gasteiger partial charge in [0, 0.05) is 32.6 Å². The molecule has 0 bridgehead atoms. The first kappa shape index (κ1) is 14.5. The second-order valence-corrected chi connectivity index (χ2v) is 6.23. The van der Waals surface area contributed by atoms with Crippen molar-refractivity contribution in [2.24, 2.45) is 5.92 Å². The van der Waals surface area contributed by atoms with E-state index >= 15 is 0 Å². The number of piperidine rings is 1. The molecule has 0 N–H and O–H groups in total. The molecule has 2 heterocycles. The maximum atomic E-state index is 12.3. The van der Waals surface area contributed by atoms with E-state index in [4.69, 9.17) is 4.74 Å². The first-order valence-electron chi connectivity index (χ1n) is 7.43. The van der Waals surface area contributed by atoms with Crippen LogP contribution in [0.15, 0.2) is 0 Å². The van der Waals surface area contributed by atoms with Crippen molar-refractivity contribution in [2.45, 2.75) is 57.9 Å². The number of carbonyl (C=O) groups is 2. The monoisotopic (exact) mass is 267 g/mol. The third-order valence-corrected chi connectivity index (χ3v) is 4.55. The normalized spacial score (nSPS) is 24.5. The second kappa shape index (κ2) is 6.04. The predicted octanol–water partition coefficient (Wildman–Crippen LogP) is 2.16. The average Bonchev–Trinajstić information content (AvgIpc) is 2.40. The average molecular weight is 267 g/mol. The molecule has 0 saturated carbocycles. The van der Waals surface area contributed by atoms with Crippen molar-refractivity contribution < 1.29 is 14.3 Å². The third-order valence-electron chi connectivity index (χ3n) is 4.55. The molecule has 19 heavy (non-hydrogen) atoms. The highest BCUT2D eigenvalue weighted by atomic mass is 16.5. The van der Waals surface area contributed by atoms with Gasteiger partial charge in [-0.2, -0.15) is 0 Å². The zero-order valence-corrected chi connectivity index (χ0v) is 12.1. The number of hydrogen-bond donors (Lipinski definition) is 0. The molecule has 0 unspecified atom stereocenters. The molecule has 2 aliphatic rings. The van der Waals surface area contributed by atoms with Crippen molar-refractivity contribution in [2.75, 3.05) is 19.8 Å². The van der Waals surface area contributed by atoms with Gasteiger partial charge in [-0.3, -0.25) is 9.59 Å². The summed E-state index contributed by atoms with van der Waals surface area (Å²) < 4.78 is 5.33. The van der Waals surface area contributed by atoms with E-state index in [1.807, 2.05) is 13.8 Å². The number of ketones is 1. The predicted molar refractivity (Wildman–Crippen MR) is 72.8 cm³/mol. The van der Waals surface area contributed by atoms with Crippen molar-refractivity contribution >= 4 is 11.7 Å². The Morgan fingerprint density at radius 1 is 1.37 bits per heavy atom. The summed E-state index contributed by atoms with van der Waals surface area (Å²) in [5, 5.41) is 0. The zero-order chi connectivity index (χ0) is 13.9. The first-order chi connectivity index (χ1) is 9.01. The Kier molecular flexibility index (Phi) is 4.61. The lowest BCUT2D eigenvalue weighted by Gasteiger charge is -2.41. The number of ether oxygens (including phenoxy) is 1. The van der Waals surface area contributed by atoms with Crippen molar-refractivity contribution in [1.82, 2.24) is 4.90 Å². The highest BCUT2D eigenvalue weighted by Crippen LogP contribution is 2.27. The summed E-state index contributed by atoms with van der Waals surface area (Å²) in [6, 6.07) is 0. The molecular weight excluding hydrogens is 242 g/mol. The van der Waals surface area contributed by atoms with Crippen LogP contribution >= 0.6 is 0 Å². The Bertz CT molecular complexity index is 345. The summed E-state index contributed by atoms with van der Waals surface area (Å²) in [4.78, 5) is 26.1. The molecule has 1 amide bonds. The lowest BCUT2D eigenvalue weighted by molar-refractivity contribution is -0.148. The van der Waals surface area contributed by atoms with Crippen LogP contribution in [0.1, 0.15) is 52.4 Å². The van der Waals surface area contributed by atoms with Crippen molar-refractivity contribution in [3.05, 3.63) is 0 Å². The van der Waals surface area contributed by atoms with Crippen LogP contribution in [0.4, 0.5) is 0 Å². The molecule has 0 aromatic heterocycles. The molecule has 4 heteroatoms. The summed E-state index contributed by atoms with van der Waals surface area (Å²) in [6.45, 7) is 6.13. The molecule has 0 atom stereocenters. The Morgan fingerprint density at radius 2 is 2.05 bits per heavy atom. The maximum Gasteiger partial charge on any atom is 0.223 e. The van der Waals surface area contributed by atoms with Gasteiger partial charge >= 0.3 is 0 Å². The summed E-state index contributed by atoms with van der Waals surface area (Å²) in [6.07, 6.45) is 5.05. The third kappa shape index (κ3) is 3.35. The van der Waals surface area contributed by atoms with Gasteiger partial charge in [0.15, 0.2) is 5.78 Å². The fourth-order valence-corrected chi connectivity index (χ4v) is 3.07. The summed E-state index contributed by atoms with van der Waals surface area (Å²) >= 11 is 0. The topological polar surface area (TPSA) is 46.6 Å². The second-order valence-electron chi connectivity index (χ2n) is 6.23. The smallest absolute Gasteiger partial charge is 0.223 e. The number of rotatable bonds is 3. The molecule has 2 aliphatic heterocycles. The molecule has 0 aromatic carbocycles. The number of hydrogen-bond acceptors (Lipinski definition) is 3. The van der Waals surface area contributed by atoms with Crippen LogP contribution in [-0.4, -0.2) is 41.9 Å².